The van der Waals surface area contributed by atoms with Gasteiger partial charge < -0.3 is 14.5 Å². The number of benzene rings is 2. The van der Waals surface area contributed by atoms with E-state index in [1.54, 1.807) is 0 Å². The smallest absolute Gasteiger partial charge is 0.195 e. The van der Waals surface area contributed by atoms with Crippen LogP contribution in [0.25, 0.3) is 10.9 Å². The van der Waals surface area contributed by atoms with E-state index in [-0.39, 0.29) is 17.3 Å². The fourth-order valence-corrected chi connectivity index (χ4v) is 4.61. The van der Waals surface area contributed by atoms with Crippen LogP contribution in [-0.4, -0.2) is 30.1 Å². The molecule has 1 aliphatic carbocycles. The van der Waals surface area contributed by atoms with Crippen LogP contribution in [0.3, 0.4) is 0 Å². The third kappa shape index (κ3) is 2.56. The summed E-state index contributed by atoms with van der Waals surface area (Å²) in [4.78, 5) is 16.8. The minimum absolute atomic E-state index is 0.0728. The van der Waals surface area contributed by atoms with Crippen molar-refractivity contribution in [3.05, 3.63) is 63.3 Å². The molecule has 0 bridgehead atoms. The summed E-state index contributed by atoms with van der Waals surface area (Å²) in [6.45, 7) is 5.68. The van der Waals surface area contributed by atoms with Gasteiger partial charge in [-0.2, -0.15) is 0 Å². The lowest BCUT2D eigenvalue weighted by molar-refractivity contribution is 0.103. The maximum atomic E-state index is 13.3. The maximum absolute atomic E-state index is 13.3. The van der Waals surface area contributed by atoms with Crippen LogP contribution >= 0.6 is 15.9 Å². The van der Waals surface area contributed by atoms with E-state index >= 15 is 0 Å². The Kier molecular flexibility index (Phi) is 3.75. The topological polar surface area (TPSA) is 51.3 Å². The Balaban J connectivity index is 1.65. The summed E-state index contributed by atoms with van der Waals surface area (Å²) in [5, 5.41) is 0.973. The van der Waals surface area contributed by atoms with Crippen LogP contribution in [0.4, 0.5) is 0 Å². The number of carbonyl (C=O) groups is 1. The number of carbonyl (C=O) groups excluding carboxylic acids is 1. The van der Waals surface area contributed by atoms with Gasteiger partial charge in [0.25, 0.3) is 0 Å². The Morgan fingerprint density at radius 2 is 2.07 bits per heavy atom. The monoisotopic (exact) mass is 425 g/mol. The summed E-state index contributed by atoms with van der Waals surface area (Å²) in [5.74, 6) is 0.871. The molecule has 5 heteroatoms. The van der Waals surface area contributed by atoms with E-state index in [0.29, 0.717) is 6.61 Å². The lowest BCUT2D eigenvalue weighted by Gasteiger charge is -2.32. The Labute approximate surface area is 166 Å². The molecule has 0 radical (unpaired) electrons. The van der Waals surface area contributed by atoms with E-state index in [0.717, 1.165) is 56.5 Å². The fraction of sp³-hybridized carbons (Fsp3) is 0.318. The van der Waals surface area contributed by atoms with Crippen LogP contribution in [0.15, 0.2) is 40.9 Å². The van der Waals surface area contributed by atoms with Gasteiger partial charge in [-0.15, -0.1) is 0 Å². The summed E-state index contributed by atoms with van der Waals surface area (Å²) in [7, 11) is 0. The normalized spacial score (nSPS) is 20.6. The summed E-state index contributed by atoms with van der Waals surface area (Å²) in [6.07, 6.45) is 0.993. The number of halogens is 1. The van der Waals surface area contributed by atoms with Gasteiger partial charge in [-0.25, -0.2) is 0 Å². The lowest BCUT2D eigenvalue weighted by Crippen LogP contribution is -2.30. The first kappa shape index (κ1) is 17.0. The Hall–Kier alpha value is -2.11. The van der Waals surface area contributed by atoms with Gasteiger partial charge in [-0.05, 0) is 35.9 Å². The van der Waals surface area contributed by atoms with Gasteiger partial charge in [0, 0.05) is 38.5 Å². The number of hydrogen-bond donors (Lipinski definition) is 1. The molecular formula is C22H20BrNO3. The Bertz CT molecular complexity index is 1080. The fourth-order valence-electron chi connectivity index (χ4n) is 4.25. The third-order valence-corrected chi connectivity index (χ3v) is 6.21. The van der Waals surface area contributed by atoms with E-state index < -0.39 is 0 Å². The molecule has 0 saturated carbocycles. The van der Waals surface area contributed by atoms with Crippen molar-refractivity contribution in [2.45, 2.75) is 31.8 Å². The molecule has 0 amide bonds. The molecule has 1 unspecified atom stereocenters. The van der Waals surface area contributed by atoms with Crippen LogP contribution in [0, 0.1) is 0 Å². The van der Waals surface area contributed by atoms with Gasteiger partial charge in [0.2, 0.25) is 0 Å². The number of H-pyrrole nitrogens is 1. The number of hydrogen-bond acceptors (Lipinski definition) is 3. The maximum Gasteiger partial charge on any atom is 0.195 e. The van der Waals surface area contributed by atoms with Gasteiger partial charge in [0.05, 0.1) is 18.8 Å². The second-order valence-corrected chi connectivity index (χ2v) is 8.75. The van der Waals surface area contributed by atoms with Crippen LogP contribution < -0.4 is 4.74 Å². The molecule has 27 heavy (non-hydrogen) atoms. The van der Waals surface area contributed by atoms with E-state index in [9.17, 15) is 4.79 Å². The van der Waals surface area contributed by atoms with Crippen LogP contribution in [-0.2, 0) is 10.2 Å². The molecule has 0 spiro atoms. The third-order valence-electron chi connectivity index (χ3n) is 5.71. The molecule has 1 aliphatic heterocycles. The Morgan fingerprint density at radius 1 is 1.22 bits per heavy atom. The van der Waals surface area contributed by atoms with Crippen molar-refractivity contribution in [2.75, 3.05) is 13.2 Å². The van der Waals surface area contributed by atoms with Crippen LogP contribution in [0.1, 0.15) is 47.4 Å². The van der Waals surface area contributed by atoms with Crippen molar-refractivity contribution in [3.63, 3.8) is 0 Å². The summed E-state index contributed by atoms with van der Waals surface area (Å²) in [6, 6.07) is 11.8. The average molecular weight is 426 g/mol. The van der Waals surface area contributed by atoms with Gasteiger partial charge in [-0.3, -0.25) is 4.79 Å². The zero-order valence-corrected chi connectivity index (χ0v) is 16.9. The molecule has 138 valence electrons. The highest BCUT2D eigenvalue weighted by Gasteiger charge is 2.40. The van der Waals surface area contributed by atoms with E-state index in [2.05, 4.69) is 34.8 Å². The molecule has 1 N–H and O–H groups in total. The summed E-state index contributed by atoms with van der Waals surface area (Å²) >= 11 is 3.52. The molecule has 5 rings (SSSR count). The second-order valence-electron chi connectivity index (χ2n) is 7.83. The Morgan fingerprint density at radius 3 is 2.85 bits per heavy atom. The number of ketones is 1. The number of fused-ring (bicyclic) bond motifs is 4. The van der Waals surface area contributed by atoms with E-state index in [1.165, 1.54) is 0 Å². The number of aromatic nitrogens is 1. The largest absolute Gasteiger partial charge is 0.488 e. The van der Waals surface area contributed by atoms with Crippen molar-refractivity contribution in [3.8, 4) is 5.75 Å². The van der Waals surface area contributed by atoms with Gasteiger partial charge in [-0.1, -0.05) is 35.8 Å². The molecule has 1 saturated heterocycles. The number of rotatable bonds is 2. The molecule has 2 aliphatic rings. The van der Waals surface area contributed by atoms with Gasteiger partial charge >= 0.3 is 0 Å². The highest BCUT2D eigenvalue weighted by atomic mass is 79.9. The van der Waals surface area contributed by atoms with Crippen LogP contribution in [0.5, 0.6) is 5.75 Å². The number of nitrogens with one attached hydrogen (secondary N) is 1. The van der Waals surface area contributed by atoms with E-state index in [4.69, 9.17) is 9.47 Å². The molecule has 1 aromatic heterocycles. The van der Waals surface area contributed by atoms with Crippen molar-refractivity contribution < 1.29 is 14.3 Å². The molecular weight excluding hydrogens is 406 g/mol. The van der Waals surface area contributed by atoms with Gasteiger partial charge in [0.15, 0.2) is 5.78 Å². The molecule has 4 nitrogen and oxygen atoms in total. The lowest BCUT2D eigenvalue weighted by atomic mass is 9.71. The second kappa shape index (κ2) is 5.94. The van der Waals surface area contributed by atoms with Crippen molar-refractivity contribution in [2.24, 2.45) is 0 Å². The van der Waals surface area contributed by atoms with Crippen molar-refractivity contribution in [1.29, 1.82) is 0 Å². The highest BCUT2D eigenvalue weighted by molar-refractivity contribution is 9.10. The SMILES string of the molecule is CC1(C)c2cc(OC3CCOC3)ccc2C(=O)c2c1[nH]c1cc(Br)ccc21. The first-order valence-corrected chi connectivity index (χ1v) is 10.00. The number of aromatic amines is 1. The first-order chi connectivity index (χ1) is 12.9. The predicted octanol–water partition coefficient (Wildman–Crippen LogP) is 4.97. The quantitative estimate of drug-likeness (QED) is 0.630. The molecule has 1 atom stereocenters. The predicted molar refractivity (Wildman–Crippen MR) is 108 cm³/mol. The zero-order chi connectivity index (χ0) is 18.8. The minimum atomic E-state index is -0.324. The van der Waals surface area contributed by atoms with Crippen molar-refractivity contribution in [1.82, 2.24) is 4.98 Å². The first-order valence-electron chi connectivity index (χ1n) is 9.20. The zero-order valence-electron chi connectivity index (χ0n) is 15.3. The standard InChI is InChI=1S/C22H20BrNO3/c1-22(2)17-10-13(27-14-7-8-26-11-14)4-6-15(17)20(25)19-16-5-3-12(23)9-18(16)24-21(19)22/h3-6,9-10,14,24H,7-8,11H2,1-2H3. The molecule has 2 heterocycles. The molecule has 1 fully saturated rings. The van der Waals surface area contributed by atoms with E-state index in [1.807, 2.05) is 36.4 Å². The highest BCUT2D eigenvalue weighted by Crippen LogP contribution is 2.45. The summed E-state index contributed by atoms with van der Waals surface area (Å²) < 4.78 is 12.5. The van der Waals surface area contributed by atoms with Crippen molar-refractivity contribution >= 4 is 32.6 Å². The number of ether oxygens (including phenoxy) is 2. The minimum Gasteiger partial charge on any atom is -0.488 e. The van der Waals surface area contributed by atoms with Crippen LogP contribution in [0.2, 0.25) is 0 Å². The average Bonchev–Trinajstić information content (AvgIpc) is 3.27. The van der Waals surface area contributed by atoms with Gasteiger partial charge in [0.1, 0.15) is 11.9 Å². The molecule has 3 aromatic rings. The summed E-state index contributed by atoms with van der Waals surface area (Å²) in [5.41, 5.74) is 4.16. The molecule has 2 aromatic carbocycles.